The van der Waals surface area contributed by atoms with Crippen molar-refractivity contribution in [1.82, 2.24) is 4.90 Å². The standard InChI is InChI=1S/C18H27NO4/c1-3-5-11-23-16-9-8-14(12-17(16)22-4-2)13-19-10-6-7-15(19)18(20)21/h8-9,12,15H,3-7,10-11,13H2,1-2H3,(H,20,21)/t15-/m0/s1. The maximum atomic E-state index is 11.3. The Balaban J connectivity index is 2.07. The van der Waals surface area contributed by atoms with Gasteiger partial charge in [0.1, 0.15) is 6.04 Å². The molecular formula is C18H27NO4. The number of likely N-dealkylation sites (tertiary alicyclic amines) is 1. The van der Waals surface area contributed by atoms with Crippen LogP contribution < -0.4 is 9.47 Å². The Morgan fingerprint density at radius 3 is 2.83 bits per heavy atom. The van der Waals surface area contributed by atoms with Gasteiger partial charge in [0, 0.05) is 6.54 Å². The average molecular weight is 321 g/mol. The van der Waals surface area contributed by atoms with Crippen molar-refractivity contribution in [2.75, 3.05) is 19.8 Å². The van der Waals surface area contributed by atoms with Crippen molar-refractivity contribution in [3.05, 3.63) is 23.8 Å². The number of hydrogen-bond acceptors (Lipinski definition) is 4. The molecule has 0 saturated carbocycles. The van der Waals surface area contributed by atoms with Gasteiger partial charge in [0.05, 0.1) is 13.2 Å². The molecular weight excluding hydrogens is 294 g/mol. The van der Waals surface area contributed by atoms with E-state index in [-0.39, 0.29) is 6.04 Å². The molecule has 1 N–H and O–H groups in total. The largest absolute Gasteiger partial charge is 0.490 e. The molecule has 1 aliphatic rings. The highest BCUT2D eigenvalue weighted by Crippen LogP contribution is 2.30. The predicted octanol–water partition coefficient (Wildman–Crippen LogP) is 3.31. The number of benzene rings is 1. The highest BCUT2D eigenvalue weighted by Gasteiger charge is 2.30. The van der Waals surface area contributed by atoms with E-state index < -0.39 is 5.97 Å². The quantitative estimate of drug-likeness (QED) is 0.707. The second-order valence-electron chi connectivity index (χ2n) is 5.88. The normalized spacial score (nSPS) is 18.1. The maximum Gasteiger partial charge on any atom is 0.320 e. The van der Waals surface area contributed by atoms with Crippen LogP contribution in [0.4, 0.5) is 0 Å². The van der Waals surface area contributed by atoms with E-state index in [0.717, 1.165) is 49.3 Å². The van der Waals surface area contributed by atoms with E-state index in [2.05, 4.69) is 6.92 Å². The van der Waals surface area contributed by atoms with Gasteiger partial charge in [-0.05, 0) is 50.4 Å². The van der Waals surface area contributed by atoms with E-state index in [4.69, 9.17) is 9.47 Å². The molecule has 1 atom stereocenters. The van der Waals surface area contributed by atoms with Crippen molar-refractivity contribution < 1.29 is 19.4 Å². The number of ether oxygens (including phenoxy) is 2. The van der Waals surface area contributed by atoms with Gasteiger partial charge in [0.15, 0.2) is 11.5 Å². The first-order valence-corrected chi connectivity index (χ1v) is 8.51. The molecule has 5 heteroatoms. The third kappa shape index (κ3) is 4.86. The lowest BCUT2D eigenvalue weighted by atomic mass is 10.1. The molecule has 0 spiro atoms. The molecule has 1 heterocycles. The first-order valence-electron chi connectivity index (χ1n) is 8.51. The first kappa shape index (κ1) is 17.6. The molecule has 2 rings (SSSR count). The Morgan fingerprint density at radius 1 is 1.30 bits per heavy atom. The highest BCUT2D eigenvalue weighted by atomic mass is 16.5. The lowest BCUT2D eigenvalue weighted by Gasteiger charge is -2.21. The Morgan fingerprint density at radius 2 is 2.13 bits per heavy atom. The van der Waals surface area contributed by atoms with E-state index in [1.807, 2.05) is 30.0 Å². The number of carbonyl (C=O) groups is 1. The highest BCUT2D eigenvalue weighted by molar-refractivity contribution is 5.73. The van der Waals surface area contributed by atoms with Gasteiger partial charge < -0.3 is 14.6 Å². The van der Waals surface area contributed by atoms with Crippen molar-refractivity contribution in [3.8, 4) is 11.5 Å². The second kappa shape index (κ2) is 8.77. The van der Waals surface area contributed by atoms with Crippen molar-refractivity contribution in [1.29, 1.82) is 0 Å². The number of aliphatic carboxylic acids is 1. The fourth-order valence-corrected chi connectivity index (χ4v) is 2.89. The zero-order chi connectivity index (χ0) is 16.7. The number of unbranched alkanes of at least 4 members (excludes halogenated alkanes) is 1. The van der Waals surface area contributed by atoms with Crippen LogP contribution >= 0.6 is 0 Å². The minimum absolute atomic E-state index is 0.369. The minimum atomic E-state index is -0.730. The molecule has 1 fully saturated rings. The molecule has 128 valence electrons. The molecule has 0 radical (unpaired) electrons. The van der Waals surface area contributed by atoms with Gasteiger partial charge in [0.2, 0.25) is 0 Å². The Labute approximate surface area is 138 Å². The molecule has 5 nitrogen and oxygen atoms in total. The number of carboxylic acids is 1. The van der Waals surface area contributed by atoms with Crippen LogP contribution in [-0.2, 0) is 11.3 Å². The van der Waals surface area contributed by atoms with Crippen LogP contribution in [0.25, 0.3) is 0 Å². The van der Waals surface area contributed by atoms with Crippen LogP contribution in [0.1, 0.15) is 45.1 Å². The predicted molar refractivity (Wildman–Crippen MR) is 89.1 cm³/mol. The van der Waals surface area contributed by atoms with E-state index in [9.17, 15) is 9.90 Å². The van der Waals surface area contributed by atoms with E-state index in [1.165, 1.54) is 0 Å². The third-order valence-corrected chi connectivity index (χ3v) is 4.10. The molecule has 0 aromatic heterocycles. The fraction of sp³-hybridized carbons (Fsp3) is 0.611. The second-order valence-corrected chi connectivity index (χ2v) is 5.88. The van der Waals surface area contributed by atoms with E-state index in [1.54, 1.807) is 0 Å². The minimum Gasteiger partial charge on any atom is -0.490 e. The first-order chi connectivity index (χ1) is 11.2. The third-order valence-electron chi connectivity index (χ3n) is 4.10. The van der Waals surface area contributed by atoms with Gasteiger partial charge in [-0.3, -0.25) is 9.69 Å². The van der Waals surface area contributed by atoms with Crippen molar-refractivity contribution in [2.24, 2.45) is 0 Å². The smallest absolute Gasteiger partial charge is 0.320 e. The Kier molecular flexibility index (Phi) is 6.71. The summed E-state index contributed by atoms with van der Waals surface area (Å²) in [6.07, 6.45) is 3.77. The fourth-order valence-electron chi connectivity index (χ4n) is 2.89. The SMILES string of the molecule is CCCCOc1ccc(CN2CCC[C@H]2C(=O)O)cc1OCC. The summed E-state index contributed by atoms with van der Waals surface area (Å²) < 4.78 is 11.5. The molecule has 1 aliphatic heterocycles. The van der Waals surface area contributed by atoms with Gasteiger partial charge in [-0.1, -0.05) is 19.4 Å². The van der Waals surface area contributed by atoms with Crippen molar-refractivity contribution >= 4 is 5.97 Å². The van der Waals surface area contributed by atoms with Gasteiger partial charge in [-0.15, -0.1) is 0 Å². The van der Waals surface area contributed by atoms with Crippen molar-refractivity contribution in [3.63, 3.8) is 0 Å². The molecule has 1 aromatic carbocycles. The molecule has 1 saturated heterocycles. The van der Waals surface area contributed by atoms with Crippen LogP contribution in [0.15, 0.2) is 18.2 Å². The zero-order valence-electron chi connectivity index (χ0n) is 14.1. The van der Waals surface area contributed by atoms with E-state index >= 15 is 0 Å². The molecule has 1 aromatic rings. The molecule has 0 aliphatic carbocycles. The number of carboxylic acid groups (broad SMARTS) is 1. The van der Waals surface area contributed by atoms with Crippen molar-refractivity contribution in [2.45, 2.75) is 52.1 Å². The summed E-state index contributed by atoms with van der Waals surface area (Å²) in [4.78, 5) is 13.3. The molecule has 0 unspecified atom stereocenters. The van der Waals surface area contributed by atoms with Crippen LogP contribution in [0.5, 0.6) is 11.5 Å². The maximum absolute atomic E-state index is 11.3. The lowest BCUT2D eigenvalue weighted by molar-refractivity contribution is -0.142. The summed E-state index contributed by atoms with van der Waals surface area (Å²) in [7, 11) is 0. The van der Waals surface area contributed by atoms with Crippen LogP contribution in [0.2, 0.25) is 0 Å². The van der Waals surface area contributed by atoms with Gasteiger partial charge in [-0.25, -0.2) is 0 Å². The van der Waals surface area contributed by atoms with Gasteiger partial charge >= 0.3 is 5.97 Å². The summed E-state index contributed by atoms with van der Waals surface area (Å²) in [5, 5.41) is 9.28. The number of hydrogen-bond donors (Lipinski definition) is 1. The summed E-state index contributed by atoms with van der Waals surface area (Å²) >= 11 is 0. The summed E-state index contributed by atoms with van der Waals surface area (Å²) in [6.45, 7) is 6.80. The number of nitrogens with zero attached hydrogens (tertiary/aromatic N) is 1. The average Bonchev–Trinajstić information content (AvgIpc) is 2.98. The van der Waals surface area contributed by atoms with Gasteiger partial charge in [-0.2, -0.15) is 0 Å². The van der Waals surface area contributed by atoms with E-state index in [0.29, 0.717) is 19.8 Å². The summed E-state index contributed by atoms with van der Waals surface area (Å²) in [5.41, 5.74) is 1.06. The monoisotopic (exact) mass is 321 g/mol. The Hall–Kier alpha value is -1.75. The van der Waals surface area contributed by atoms with Crippen LogP contribution in [0.3, 0.4) is 0 Å². The van der Waals surface area contributed by atoms with Crippen LogP contribution in [-0.4, -0.2) is 41.8 Å². The number of rotatable bonds is 9. The summed E-state index contributed by atoms with van der Waals surface area (Å²) in [5.74, 6) is 0.777. The molecule has 23 heavy (non-hydrogen) atoms. The van der Waals surface area contributed by atoms with Crippen LogP contribution in [0, 0.1) is 0 Å². The topological polar surface area (TPSA) is 59.0 Å². The molecule has 0 bridgehead atoms. The zero-order valence-corrected chi connectivity index (χ0v) is 14.1. The lowest BCUT2D eigenvalue weighted by Crippen LogP contribution is -2.35. The molecule has 0 amide bonds. The summed E-state index contributed by atoms with van der Waals surface area (Å²) in [6, 6.07) is 5.54. The Bertz CT molecular complexity index is 518. The van der Waals surface area contributed by atoms with Gasteiger partial charge in [0.25, 0.3) is 0 Å².